The molecule has 55 heavy (non-hydrogen) atoms. The first-order chi connectivity index (χ1) is 26.2. The molecule has 13 nitrogen and oxygen atoms in total. The number of hydrogen-bond donors (Lipinski definition) is 2. The number of methoxy groups -OCH3 is 1. The van der Waals surface area contributed by atoms with Gasteiger partial charge < -0.3 is 39.8 Å². The lowest BCUT2D eigenvalue weighted by molar-refractivity contribution is 0.0543. The lowest BCUT2D eigenvalue weighted by Crippen LogP contribution is -2.44. The molecule has 0 spiro atoms. The monoisotopic (exact) mass is 753 g/mol. The number of unbranched alkanes of at least 4 members (excludes halogenated alkanes) is 1. The Labute approximate surface area is 321 Å². The van der Waals surface area contributed by atoms with Crippen LogP contribution < -0.4 is 20.1 Å². The molecule has 0 bridgehead atoms. The fourth-order valence-electron chi connectivity index (χ4n) is 6.70. The highest BCUT2D eigenvalue weighted by molar-refractivity contribution is 6.20. The number of amides is 1. The van der Waals surface area contributed by atoms with E-state index in [-0.39, 0.29) is 28.1 Å². The highest BCUT2D eigenvalue weighted by Gasteiger charge is 2.28. The Kier molecular flexibility index (Phi) is 12.7. The summed E-state index contributed by atoms with van der Waals surface area (Å²) in [7, 11) is 5.06. The van der Waals surface area contributed by atoms with Gasteiger partial charge in [-0.15, -0.1) is 0 Å². The highest BCUT2D eigenvalue weighted by Crippen LogP contribution is 2.37. The van der Waals surface area contributed by atoms with Gasteiger partial charge in [0, 0.05) is 55.9 Å². The summed E-state index contributed by atoms with van der Waals surface area (Å²) in [4.78, 5) is 58.7. The third kappa shape index (κ3) is 9.03. The maximum absolute atomic E-state index is 14.2. The Morgan fingerprint density at radius 2 is 1.69 bits per heavy atom. The second kappa shape index (κ2) is 17.2. The first-order valence-electron chi connectivity index (χ1n) is 18.4. The Morgan fingerprint density at radius 1 is 0.982 bits per heavy atom. The average Bonchev–Trinajstić information content (AvgIpc) is 3.54. The Morgan fingerprint density at radius 3 is 2.35 bits per heavy atom. The molecule has 0 radical (unpaired) electrons. The van der Waals surface area contributed by atoms with Gasteiger partial charge in [0.15, 0.2) is 11.5 Å². The van der Waals surface area contributed by atoms with Crippen molar-refractivity contribution in [2.45, 2.75) is 59.2 Å². The van der Waals surface area contributed by atoms with Gasteiger partial charge in [-0.3, -0.25) is 14.2 Å². The van der Waals surface area contributed by atoms with Crippen molar-refractivity contribution >= 4 is 46.0 Å². The molecule has 1 aliphatic rings. The number of nitrogens with zero attached hydrogens (tertiary/aromatic N) is 4. The summed E-state index contributed by atoms with van der Waals surface area (Å²) in [6, 6.07) is 13.4. The fourth-order valence-corrected chi connectivity index (χ4v) is 6.70. The van der Waals surface area contributed by atoms with Crippen LogP contribution in [0.4, 0.5) is 16.2 Å². The molecule has 0 saturated carbocycles. The summed E-state index contributed by atoms with van der Waals surface area (Å²) in [5.74, 6) is 1.74. The number of aryl methyl sites for hydroxylation is 1. The number of carbonyl (C=O) groups is 3. The standard InChI is InChI=1S/C42H51N5O8/c1-27-14-17-33(35(23-27)54-22-9-8-11-29(26-49)46-20-18-44(5)19-21-46)45(6)40(51)31-15-16-32(39(53-7)37(31)43)38(50)30-12-10-13-34-36(30)28(25-48)24-47(34)41(52)55-42(2,3)4/h10,12-17,23-24,48H,8-9,11,18-22,25,43H2,1-7H3. The van der Waals surface area contributed by atoms with Gasteiger partial charge >= 0.3 is 6.09 Å². The number of anilines is 2. The SMILES string of the molecule is COc1c(C(=O)c2cccc3c2c(CO)cn3C(=O)OC(C)(C)C)ccc(C(=O)N(C)c2ccc(C)cc2OCCCCC(=C=O)N2CCN(C)CC2)c1N. The van der Waals surface area contributed by atoms with Crippen LogP contribution in [0.25, 0.3) is 10.9 Å². The number of rotatable bonds is 13. The summed E-state index contributed by atoms with van der Waals surface area (Å²) in [6.07, 6.45) is 2.87. The van der Waals surface area contributed by atoms with Gasteiger partial charge in [0.25, 0.3) is 5.91 Å². The molecule has 5 rings (SSSR count). The number of benzene rings is 3. The van der Waals surface area contributed by atoms with E-state index in [1.54, 1.807) is 52.1 Å². The zero-order valence-electron chi connectivity index (χ0n) is 32.7. The summed E-state index contributed by atoms with van der Waals surface area (Å²) in [5.41, 5.74) is 9.11. The molecule has 0 atom stereocenters. The molecule has 2 heterocycles. The van der Waals surface area contributed by atoms with Gasteiger partial charge in [-0.05, 0) is 89.9 Å². The summed E-state index contributed by atoms with van der Waals surface area (Å²) < 4.78 is 18.7. The molecule has 1 amide bonds. The summed E-state index contributed by atoms with van der Waals surface area (Å²) in [6.45, 7) is 10.6. The van der Waals surface area contributed by atoms with Crippen LogP contribution in [0.1, 0.15) is 77.4 Å². The van der Waals surface area contributed by atoms with Crippen molar-refractivity contribution in [2.75, 3.05) is 64.6 Å². The molecule has 3 N–H and O–H groups in total. The third-order valence-electron chi connectivity index (χ3n) is 9.64. The van der Waals surface area contributed by atoms with Crippen molar-refractivity contribution in [1.82, 2.24) is 14.4 Å². The minimum atomic E-state index is -0.766. The molecule has 0 aliphatic carbocycles. The van der Waals surface area contributed by atoms with E-state index < -0.39 is 30.0 Å². The molecular weight excluding hydrogens is 702 g/mol. The number of hydrogen-bond acceptors (Lipinski definition) is 11. The van der Waals surface area contributed by atoms with E-state index in [2.05, 4.69) is 22.8 Å². The highest BCUT2D eigenvalue weighted by atomic mass is 16.6. The number of fused-ring (bicyclic) bond motifs is 1. The van der Waals surface area contributed by atoms with Crippen molar-refractivity contribution in [3.8, 4) is 11.5 Å². The predicted molar refractivity (Wildman–Crippen MR) is 212 cm³/mol. The van der Waals surface area contributed by atoms with Crippen LogP contribution in [-0.4, -0.2) is 103 Å². The minimum Gasteiger partial charge on any atom is -0.494 e. The molecule has 1 aliphatic heterocycles. The number of piperazine rings is 1. The van der Waals surface area contributed by atoms with E-state index in [9.17, 15) is 24.3 Å². The zero-order valence-corrected chi connectivity index (χ0v) is 32.7. The van der Waals surface area contributed by atoms with Crippen LogP contribution in [0.2, 0.25) is 0 Å². The fraction of sp³-hybridized carbons (Fsp3) is 0.405. The van der Waals surface area contributed by atoms with Crippen LogP contribution in [0.15, 0.2) is 60.4 Å². The van der Waals surface area contributed by atoms with Crippen LogP contribution in [0.5, 0.6) is 11.5 Å². The van der Waals surface area contributed by atoms with Gasteiger partial charge in [-0.2, -0.15) is 0 Å². The van der Waals surface area contributed by atoms with E-state index in [0.29, 0.717) is 53.0 Å². The normalized spacial score (nSPS) is 13.3. The third-order valence-corrected chi connectivity index (χ3v) is 9.64. The molecular formula is C42H51N5O8. The number of aromatic nitrogens is 1. The molecule has 3 aromatic carbocycles. The van der Waals surface area contributed by atoms with Crippen molar-refractivity contribution in [3.05, 3.63) is 88.2 Å². The molecule has 1 aromatic heterocycles. The number of aliphatic hydroxyl groups excluding tert-OH is 1. The van der Waals surface area contributed by atoms with Crippen molar-refractivity contribution < 1.29 is 38.5 Å². The number of nitrogen functional groups attached to an aromatic ring is 1. The molecule has 292 valence electrons. The predicted octanol–water partition coefficient (Wildman–Crippen LogP) is 5.84. The lowest BCUT2D eigenvalue weighted by Gasteiger charge is -2.34. The van der Waals surface area contributed by atoms with Gasteiger partial charge in [0.1, 0.15) is 17.3 Å². The molecule has 4 aromatic rings. The number of ether oxygens (including phenoxy) is 3. The topological polar surface area (TPSA) is 157 Å². The number of likely N-dealkylation sites (N-methyl/N-ethyl adjacent to an activating group) is 1. The number of carbonyl (C=O) groups excluding carboxylic acids is 4. The summed E-state index contributed by atoms with van der Waals surface area (Å²) in [5, 5.41) is 10.6. The Hall–Kier alpha value is -5.62. The number of ketones is 1. The van der Waals surface area contributed by atoms with E-state index in [1.165, 1.54) is 34.9 Å². The van der Waals surface area contributed by atoms with Crippen molar-refractivity contribution in [1.29, 1.82) is 0 Å². The molecule has 0 unspecified atom stereocenters. The first-order valence-corrected chi connectivity index (χ1v) is 18.4. The maximum atomic E-state index is 14.2. The maximum Gasteiger partial charge on any atom is 0.419 e. The van der Waals surface area contributed by atoms with Gasteiger partial charge in [-0.25, -0.2) is 9.59 Å². The smallest absolute Gasteiger partial charge is 0.419 e. The van der Waals surface area contributed by atoms with Crippen LogP contribution in [0.3, 0.4) is 0 Å². The molecule has 13 heteroatoms. The first kappa shape index (κ1) is 40.6. The van der Waals surface area contributed by atoms with Crippen molar-refractivity contribution in [2.24, 2.45) is 0 Å². The second-order valence-corrected chi connectivity index (χ2v) is 14.8. The van der Waals surface area contributed by atoms with E-state index >= 15 is 0 Å². The quantitative estimate of drug-likeness (QED) is 0.0733. The number of nitrogens with two attached hydrogens (primary N) is 1. The van der Waals surface area contributed by atoms with E-state index in [0.717, 1.165) is 38.2 Å². The number of allylic oxidation sites excluding steroid dienone is 1. The van der Waals surface area contributed by atoms with Crippen molar-refractivity contribution in [3.63, 3.8) is 0 Å². The molecule has 1 saturated heterocycles. The Balaban J connectivity index is 1.35. The molecule has 1 fully saturated rings. The second-order valence-electron chi connectivity index (χ2n) is 14.8. The van der Waals surface area contributed by atoms with E-state index in [4.69, 9.17) is 19.9 Å². The Bertz CT molecular complexity index is 2120. The van der Waals surface area contributed by atoms with Crippen LogP contribution in [0, 0.1) is 6.92 Å². The summed E-state index contributed by atoms with van der Waals surface area (Å²) >= 11 is 0. The van der Waals surface area contributed by atoms with E-state index in [1.807, 2.05) is 19.1 Å². The minimum absolute atomic E-state index is 0.0130. The lowest BCUT2D eigenvalue weighted by atomic mass is 9.95. The largest absolute Gasteiger partial charge is 0.494 e. The van der Waals surface area contributed by atoms with Crippen LogP contribution >= 0.6 is 0 Å². The van der Waals surface area contributed by atoms with Crippen LogP contribution in [-0.2, 0) is 16.1 Å². The average molecular weight is 754 g/mol. The van der Waals surface area contributed by atoms with Gasteiger partial charge in [-0.1, -0.05) is 18.2 Å². The number of aliphatic hydroxyl groups is 1. The van der Waals surface area contributed by atoms with Gasteiger partial charge in [0.05, 0.1) is 54.0 Å². The van der Waals surface area contributed by atoms with Gasteiger partial charge in [0.2, 0.25) is 0 Å². The zero-order chi connectivity index (χ0) is 40.0.